The number of thiocarbonyl (C=S) groups is 1. The van der Waals surface area contributed by atoms with Crippen LogP contribution >= 0.6 is 24.0 Å². The molecule has 100 valence electrons. The molecule has 0 aromatic heterocycles. The van der Waals surface area contributed by atoms with Crippen molar-refractivity contribution in [2.24, 2.45) is 11.7 Å². The van der Waals surface area contributed by atoms with Crippen LogP contribution in [0.5, 0.6) is 5.75 Å². The van der Waals surface area contributed by atoms with Gasteiger partial charge in [-0.15, -0.1) is 0 Å². The van der Waals surface area contributed by atoms with Gasteiger partial charge in [0.25, 0.3) is 0 Å². The standard InChI is InChI=1S/C13H20N2OS2/c1-9(8-18-3)7-15-12-6-10(16-2)4-5-11(12)13(14)17/h4-6,9,15H,7-8H2,1-3H3,(H2,14,17). The third-order valence-electron chi connectivity index (χ3n) is 2.58. The molecule has 1 atom stereocenters. The number of thioether (sulfide) groups is 1. The van der Waals surface area contributed by atoms with E-state index in [-0.39, 0.29) is 0 Å². The molecule has 0 bridgehead atoms. The Morgan fingerprint density at radius 2 is 2.28 bits per heavy atom. The largest absolute Gasteiger partial charge is 0.497 e. The Balaban J connectivity index is 2.80. The van der Waals surface area contributed by atoms with Crippen molar-refractivity contribution in [3.05, 3.63) is 23.8 Å². The highest BCUT2D eigenvalue weighted by Crippen LogP contribution is 2.23. The van der Waals surface area contributed by atoms with Gasteiger partial charge in [-0.1, -0.05) is 19.1 Å². The topological polar surface area (TPSA) is 47.3 Å². The molecule has 0 radical (unpaired) electrons. The molecule has 1 aromatic carbocycles. The zero-order valence-corrected chi connectivity index (χ0v) is 12.7. The Bertz CT molecular complexity index is 410. The molecule has 3 N–H and O–H groups in total. The third-order valence-corrected chi connectivity index (χ3v) is 3.71. The number of hydrogen-bond acceptors (Lipinski definition) is 4. The maximum atomic E-state index is 5.72. The molecule has 0 fully saturated rings. The molecular weight excluding hydrogens is 264 g/mol. The van der Waals surface area contributed by atoms with Crippen molar-refractivity contribution in [2.45, 2.75) is 6.92 Å². The van der Waals surface area contributed by atoms with Gasteiger partial charge >= 0.3 is 0 Å². The smallest absolute Gasteiger partial charge is 0.120 e. The van der Waals surface area contributed by atoms with Gasteiger partial charge in [0.1, 0.15) is 10.7 Å². The monoisotopic (exact) mass is 284 g/mol. The van der Waals surface area contributed by atoms with Crippen LogP contribution in [0.4, 0.5) is 5.69 Å². The highest BCUT2D eigenvalue weighted by Gasteiger charge is 2.08. The number of benzene rings is 1. The number of hydrogen-bond donors (Lipinski definition) is 2. The molecule has 5 heteroatoms. The van der Waals surface area contributed by atoms with Crippen LogP contribution in [0.3, 0.4) is 0 Å². The minimum Gasteiger partial charge on any atom is -0.497 e. The van der Waals surface area contributed by atoms with Gasteiger partial charge in [0.15, 0.2) is 0 Å². The highest BCUT2D eigenvalue weighted by molar-refractivity contribution is 7.98. The van der Waals surface area contributed by atoms with Gasteiger partial charge in [-0.05, 0) is 30.1 Å². The van der Waals surface area contributed by atoms with Crippen molar-refractivity contribution in [3.63, 3.8) is 0 Å². The predicted molar refractivity (Wildman–Crippen MR) is 84.9 cm³/mol. The summed E-state index contributed by atoms with van der Waals surface area (Å²) in [5, 5.41) is 3.39. The van der Waals surface area contributed by atoms with Gasteiger partial charge in [0.05, 0.1) is 7.11 Å². The summed E-state index contributed by atoms with van der Waals surface area (Å²) in [5.74, 6) is 2.51. The van der Waals surface area contributed by atoms with Crippen LogP contribution in [0.25, 0.3) is 0 Å². The summed E-state index contributed by atoms with van der Waals surface area (Å²) in [4.78, 5) is 0.401. The van der Waals surface area contributed by atoms with Crippen molar-refractivity contribution in [1.29, 1.82) is 0 Å². The maximum Gasteiger partial charge on any atom is 0.120 e. The second-order valence-corrected chi connectivity index (χ2v) is 5.57. The molecule has 1 rings (SSSR count). The molecule has 0 saturated heterocycles. The number of nitrogens with one attached hydrogen (secondary N) is 1. The zero-order valence-electron chi connectivity index (χ0n) is 11.0. The number of rotatable bonds is 7. The van der Waals surface area contributed by atoms with E-state index in [4.69, 9.17) is 22.7 Å². The molecule has 0 aliphatic carbocycles. The first-order valence-corrected chi connectivity index (χ1v) is 7.59. The van der Waals surface area contributed by atoms with Gasteiger partial charge < -0.3 is 15.8 Å². The fourth-order valence-corrected chi connectivity index (χ4v) is 2.50. The molecule has 18 heavy (non-hydrogen) atoms. The molecule has 1 unspecified atom stereocenters. The first kappa shape index (κ1) is 15.1. The lowest BCUT2D eigenvalue weighted by Crippen LogP contribution is -2.17. The summed E-state index contributed by atoms with van der Waals surface area (Å²) >= 11 is 6.90. The fraction of sp³-hybridized carbons (Fsp3) is 0.462. The van der Waals surface area contributed by atoms with Crippen LogP contribution in [0.1, 0.15) is 12.5 Å². The second kappa shape index (κ2) is 7.48. The van der Waals surface area contributed by atoms with Gasteiger partial charge in [0.2, 0.25) is 0 Å². The summed E-state index contributed by atoms with van der Waals surface area (Å²) in [5.41, 5.74) is 7.52. The summed E-state index contributed by atoms with van der Waals surface area (Å²) in [7, 11) is 1.65. The normalized spacial score (nSPS) is 11.9. The van der Waals surface area contributed by atoms with Gasteiger partial charge in [-0.25, -0.2) is 0 Å². The summed E-state index contributed by atoms with van der Waals surface area (Å²) < 4.78 is 5.22. The van der Waals surface area contributed by atoms with E-state index >= 15 is 0 Å². The third kappa shape index (κ3) is 4.38. The highest BCUT2D eigenvalue weighted by atomic mass is 32.2. The quantitative estimate of drug-likeness (QED) is 0.754. The number of ether oxygens (including phenoxy) is 1. The van der Waals surface area contributed by atoms with E-state index in [1.54, 1.807) is 7.11 Å². The van der Waals surface area contributed by atoms with Crippen LogP contribution in [-0.2, 0) is 0 Å². The van der Waals surface area contributed by atoms with E-state index in [0.29, 0.717) is 10.9 Å². The average Bonchev–Trinajstić information content (AvgIpc) is 2.36. The first-order valence-electron chi connectivity index (χ1n) is 5.79. The molecule has 0 heterocycles. The Kier molecular flexibility index (Phi) is 6.29. The minimum absolute atomic E-state index is 0.401. The van der Waals surface area contributed by atoms with Gasteiger partial charge in [0, 0.05) is 23.9 Å². The lowest BCUT2D eigenvalue weighted by Gasteiger charge is -2.16. The Labute approximate surface area is 118 Å². The molecule has 0 saturated carbocycles. The van der Waals surface area contributed by atoms with Crippen LogP contribution in [0.15, 0.2) is 18.2 Å². The lowest BCUT2D eigenvalue weighted by atomic mass is 10.1. The Hall–Kier alpha value is -0.940. The van der Waals surface area contributed by atoms with E-state index < -0.39 is 0 Å². The van der Waals surface area contributed by atoms with Crippen molar-refractivity contribution in [2.75, 3.05) is 31.0 Å². The molecule has 0 aliphatic heterocycles. The van der Waals surface area contributed by atoms with E-state index in [0.717, 1.165) is 29.3 Å². The number of methoxy groups -OCH3 is 1. The van der Waals surface area contributed by atoms with Crippen LogP contribution in [-0.4, -0.2) is 30.7 Å². The fourth-order valence-electron chi connectivity index (χ4n) is 1.64. The molecule has 3 nitrogen and oxygen atoms in total. The Morgan fingerprint density at radius 1 is 1.56 bits per heavy atom. The van der Waals surface area contributed by atoms with Crippen molar-refractivity contribution in [3.8, 4) is 5.75 Å². The average molecular weight is 284 g/mol. The molecule has 1 aromatic rings. The first-order chi connectivity index (χ1) is 8.58. The molecule has 0 aliphatic rings. The van der Waals surface area contributed by atoms with Crippen molar-refractivity contribution < 1.29 is 4.74 Å². The van der Waals surface area contributed by atoms with Crippen LogP contribution in [0, 0.1) is 5.92 Å². The number of nitrogens with two attached hydrogens (primary N) is 1. The number of anilines is 1. The van der Waals surface area contributed by atoms with Crippen molar-refractivity contribution >= 4 is 34.7 Å². The maximum absolute atomic E-state index is 5.72. The van der Waals surface area contributed by atoms with Crippen LogP contribution in [0.2, 0.25) is 0 Å². The Morgan fingerprint density at radius 3 is 2.83 bits per heavy atom. The molecule has 0 amide bonds. The molecular formula is C13H20N2OS2. The SMILES string of the molecule is COc1ccc(C(N)=S)c(NCC(C)CSC)c1. The van der Waals surface area contributed by atoms with E-state index in [1.165, 1.54) is 0 Å². The van der Waals surface area contributed by atoms with E-state index in [9.17, 15) is 0 Å². The van der Waals surface area contributed by atoms with Gasteiger partial charge in [-0.3, -0.25) is 0 Å². The second-order valence-electron chi connectivity index (χ2n) is 4.22. The van der Waals surface area contributed by atoms with E-state index in [2.05, 4.69) is 18.5 Å². The predicted octanol–water partition coefficient (Wildman–Crippen LogP) is 2.74. The van der Waals surface area contributed by atoms with Crippen molar-refractivity contribution in [1.82, 2.24) is 0 Å². The van der Waals surface area contributed by atoms with E-state index in [1.807, 2.05) is 30.0 Å². The summed E-state index contributed by atoms with van der Waals surface area (Å²) in [6, 6.07) is 5.69. The van der Waals surface area contributed by atoms with Gasteiger partial charge in [-0.2, -0.15) is 11.8 Å². The molecule has 0 spiro atoms. The van der Waals surface area contributed by atoms with Crippen LogP contribution < -0.4 is 15.8 Å². The summed E-state index contributed by atoms with van der Waals surface area (Å²) in [6.07, 6.45) is 2.11. The minimum atomic E-state index is 0.401. The zero-order chi connectivity index (χ0) is 13.5. The lowest BCUT2D eigenvalue weighted by molar-refractivity contribution is 0.415. The summed E-state index contributed by atoms with van der Waals surface area (Å²) in [6.45, 7) is 3.10.